The van der Waals surface area contributed by atoms with Gasteiger partial charge in [0.15, 0.2) is 0 Å². The molecule has 0 aliphatic carbocycles. The Balaban J connectivity index is 2.35. The third-order valence-corrected chi connectivity index (χ3v) is 2.58. The number of hydrogen-bond acceptors (Lipinski definition) is 1. The van der Waals surface area contributed by atoms with Gasteiger partial charge in [0.05, 0.1) is 0 Å². The molecule has 0 heterocycles. The molecular weight excluding hydrogens is 198 g/mol. The van der Waals surface area contributed by atoms with Crippen molar-refractivity contribution in [1.29, 1.82) is 0 Å². The fraction of sp³-hybridized carbons (Fsp3) is 0.500. The summed E-state index contributed by atoms with van der Waals surface area (Å²) in [6.07, 6.45) is 0.945. The minimum Gasteiger partial charge on any atom is -0.352 e. The smallest absolute Gasteiger partial charge is 0.223 e. The Hall–Kier alpha value is -1.31. The van der Waals surface area contributed by atoms with Gasteiger partial charge in [-0.15, -0.1) is 0 Å². The van der Waals surface area contributed by atoms with Crippen LogP contribution in [0.3, 0.4) is 0 Å². The molecule has 0 aliphatic rings. The Bertz CT molecular complexity index is 319. The molecule has 0 aromatic heterocycles. The third-order valence-electron chi connectivity index (χ3n) is 2.58. The topological polar surface area (TPSA) is 29.1 Å². The quantitative estimate of drug-likeness (QED) is 0.810. The van der Waals surface area contributed by atoms with Crippen molar-refractivity contribution in [3.8, 4) is 0 Å². The highest BCUT2D eigenvalue weighted by Gasteiger charge is 2.13. The first-order valence-corrected chi connectivity index (χ1v) is 5.91. The SMILES string of the molecule is CC(C)CC(C)C(=O)NCc1ccccc1. The molecule has 0 aliphatic heterocycles. The van der Waals surface area contributed by atoms with Gasteiger partial charge in [0.25, 0.3) is 0 Å². The van der Waals surface area contributed by atoms with Crippen LogP contribution < -0.4 is 5.32 Å². The Labute approximate surface area is 98.1 Å². The highest BCUT2D eigenvalue weighted by Crippen LogP contribution is 2.11. The van der Waals surface area contributed by atoms with Gasteiger partial charge in [-0.05, 0) is 17.9 Å². The minimum atomic E-state index is 0.101. The molecule has 0 saturated heterocycles. The van der Waals surface area contributed by atoms with Crippen LogP contribution in [-0.2, 0) is 11.3 Å². The Morgan fingerprint density at radius 3 is 2.38 bits per heavy atom. The van der Waals surface area contributed by atoms with E-state index in [-0.39, 0.29) is 11.8 Å². The molecule has 1 atom stereocenters. The van der Waals surface area contributed by atoms with Crippen LogP contribution in [-0.4, -0.2) is 5.91 Å². The first-order chi connectivity index (χ1) is 7.59. The van der Waals surface area contributed by atoms with Gasteiger partial charge < -0.3 is 5.32 Å². The molecule has 0 fully saturated rings. The van der Waals surface area contributed by atoms with Crippen LogP contribution in [0.2, 0.25) is 0 Å². The summed E-state index contributed by atoms with van der Waals surface area (Å²) in [6.45, 7) is 6.89. The Kier molecular flexibility index (Phi) is 5.03. The van der Waals surface area contributed by atoms with E-state index in [4.69, 9.17) is 0 Å². The number of hydrogen-bond donors (Lipinski definition) is 1. The van der Waals surface area contributed by atoms with Gasteiger partial charge in [0.2, 0.25) is 5.91 Å². The molecule has 88 valence electrons. The average molecular weight is 219 g/mol. The second kappa shape index (κ2) is 6.31. The van der Waals surface area contributed by atoms with Crippen molar-refractivity contribution < 1.29 is 4.79 Å². The maximum absolute atomic E-state index is 11.7. The molecule has 2 heteroatoms. The van der Waals surface area contributed by atoms with E-state index in [2.05, 4.69) is 19.2 Å². The van der Waals surface area contributed by atoms with Crippen LogP contribution in [0.5, 0.6) is 0 Å². The van der Waals surface area contributed by atoms with E-state index in [1.54, 1.807) is 0 Å². The number of rotatable bonds is 5. The summed E-state index contributed by atoms with van der Waals surface area (Å²) in [5.41, 5.74) is 1.15. The van der Waals surface area contributed by atoms with E-state index < -0.39 is 0 Å². The van der Waals surface area contributed by atoms with E-state index in [0.717, 1.165) is 12.0 Å². The molecule has 0 radical (unpaired) electrons. The van der Waals surface area contributed by atoms with Gasteiger partial charge in [-0.1, -0.05) is 51.1 Å². The molecule has 1 aromatic rings. The van der Waals surface area contributed by atoms with Crippen LogP contribution >= 0.6 is 0 Å². The summed E-state index contributed by atoms with van der Waals surface area (Å²) in [7, 11) is 0. The number of benzene rings is 1. The molecule has 0 spiro atoms. The van der Waals surface area contributed by atoms with Crippen molar-refractivity contribution in [3.63, 3.8) is 0 Å². The molecule has 1 rings (SSSR count). The zero-order chi connectivity index (χ0) is 12.0. The maximum Gasteiger partial charge on any atom is 0.223 e. The molecule has 1 amide bonds. The van der Waals surface area contributed by atoms with E-state index in [9.17, 15) is 4.79 Å². The first-order valence-electron chi connectivity index (χ1n) is 5.91. The van der Waals surface area contributed by atoms with Gasteiger partial charge in [-0.25, -0.2) is 0 Å². The van der Waals surface area contributed by atoms with Crippen LogP contribution in [0.4, 0.5) is 0 Å². The lowest BCUT2D eigenvalue weighted by Gasteiger charge is -2.14. The van der Waals surface area contributed by atoms with Crippen molar-refractivity contribution in [2.75, 3.05) is 0 Å². The number of amides is 1. The molecule has 2 nitrogen and oxygen atoms in total. The fourth-order valence-corrected chi connectivity index (χ4v) is 1.77. The van der Waals surface area contributed by atoms with Gasteiger partial charge >= 0.3 is 0 Å². The summed E-state index contributed by atoms with van der Waals surface area (Å²) >= 11 is 0. The summed E-state index contributed by atoms with van der Waals surface area (Å²) in [5.74, 6) is 0.818. The van der Waals surface area contributed by atoms with Crippen LogP contribution in [0.15, 0.2) is 30.3 Å². The molecule has 1 N–H and O–H groups in total. The number of nitrogens with one attached hydrogen (secondary N) is 1. The van der Waals surface area contributed by atoms with E-state index in [0.29, 0.717) is 12.5 Å². The maximum atomic E-state index is 11.7. The number of carbonyl (C=O) groups excluding carboxylic acids is 1. The summed E-state index contributed by atoms with van der Waals surface area (Å²) in [4.78, 5) is 11.7. The predicted molar refractivity (Wildman–Crippen MR) is 66.9 cm³/mol. The molecule has 0 saturated carbocycles. The normalized spacial score (nSPS) is 12.5. The third kappa shape index (κ3) is 4.47. The van der Waals surface area contributed by atoms with E-state index in [1.165, 1.54) is 0 Å². The van der Waals surface area contributed by atoms with Gasteiger partial charge in [-0.3, -0.25) is 4.79 Å². The predicted octanol–water partition coefficient (Wildman–Crippen LogP) is 2.99. The average Bonchev–Trinajstić information content (AvgIpc) is 2.26. The Morgan fingerprint density at radius 2 is 1.81 bits per heavy atom. The lowest BCUT2D eigenvalue weighted by molar-refractivity contribution is -0.125. The van der Waals surface area contributed by atoms with Gasteiger partial charge in [0, 0.05) is 12.5 Å². The van der Waals surface area contributed by atoms with Crippen LogP contribution in [0.25, 0.3) is 0 Å². The van der Waals surface area contributed by atoms with E-state index in [1.807, 2.05) is 37.3 Å². The first kappa shape index (κ1) is 12.8. The molecular formula is C14H21NO. The minimum absolute atomic E-state index is 0.101. The zero-order valence-corrected chi connectivity index (χ0v) is 10.4. The van der Waals surface area contributed by atoms with Gasteiger partial charge in [0.1, 0.15) is 0 Å². The summed E-state index contributed by atoms with van der Waals surface area (Å²) in [6, 6.07) is 9.99. The molecule has 0 bridgehead atoms. The second-order valence-corrected chi connectivity index (χ2v) is 4.73. The van der Waals surface area contributed by atoms with Crippen molar-refractivity contribution in [2.24, 2.45) is 11.8 Å². The zero-order valence-electron chi connectivity index (χ0n) is 10.4. The largest absolute Gasteiger partial charge is 0.352 e. The summed E-state index contributed by atoms with van der Waals surface area (Å²) in [5, 5.41) is 2.97. The fourth-order valence-electron chi connectivity index (χ4n) is 1.77. The monoisotopic (exact) mass is 219 g/mol. The summed E-state index contributed by atoms with van der Waals surface area (Å²) < 4.78 is 0. The molecule has 1 aromatic carbocycles. The van der Waals surface area contributed by atoms with Crippen LogP contribution in [0.1, 0.15) is 32.8 Å². The van der Waals surface area contributed by atoms with Gasteiger partial charge in [-0.2, -0.15) is 0 Å². The van der Waals surface area contributed by atoms with Crippen molar-refractivity contribution in [3.05, 3.63) is 35.9 Å². The lowest BCUT2D eigenvalue weighted by Crippen LogP contribution is -2.29. The van der Waals surface area contributed by atoms with Crippen molar-refractivity contribution in [2.45, 2.75) is 33.7 Å². The van der Waals surface area contributed by atoms with Crippen LogP contribution in [0, 0.1) is 11.8 Å². The number of carbonyl (C=O) groups is 1. The highest BCUT2D eigenvalue weighted by molar-refractivity contribution is 5.78. The van der Waals surface area contributed by atoms with Crippen molar-refractivity contribution in [1.82, 2.24) is 5.32 Å². The molecule has 1 unspecified atom stereocenters. The lowest BCUT2D eigenvalue weighted by atomic mass is 9.98. The standard InChI is InChI=1S/C14H21NO/c1-11(2)9-12(3)14(16)15-10-13-7-5-4-6-8-13/h4-8,11-12H,9-10H2,1-3H3,(H,15,16). The molecule has 16 heavy (non-hydrogen) atoms. The van der Waals surface area contributed by atoms with E-state index >= 15 is 0 Å². The van der Waals surface area contributed by atoms with Crippen molar-refractivity contribution >= 4 is 5.91 Å². The second-order valence-electron chi connectivity index (χ2n) is 4.73. The Morgan fingerprint density at radius 1 is 1.19 bits per heavy atom. The highest BCUT2D eigenvalue weighted by atomic mass is 16.1.